The van der Waals surface area contributed by atoms with Crippen molar-refractivity contribution in [3.05, 3.63) is 58.7 Å². The number of nitrogens with one attached hydrogen (secondary N) is 2. The van der Waals surface area contributed by atoms with Crippen LogP contribution in [0.3, 0.4) is 0 Å². The van der Waals surface area contributed by atoms with Crippen LogP contribution in [0.4, 0.5) is 5.69 Å². The number of benzene rings is 2. The van der Waals surface area contributed by atoms with E-state index in [4.69, 9.17) is 0 Å². The Bertz CT molecular complexity index is 874. The van der Waals surface area contributed by atoms with Crippen LogP contribution < -0.4 is 10.0 Å². The number of rotatable bonds is 5. The molecule has 0 unspecified atom stereocenters. The molecule has 0 atom stereocenters. The van der Waals surface area contributed by atoms with Crippen molar-refractivity contribution >= 4 is 21.6 Å². The molecule has 0 aliphatic carbocycles. The molecule has 2 N–H and O–H groups in total. The molecule has 24 heavy (non-hydrogen) atoms. The van der Waals surface area contributed by atoms with E-state index in [1.165, 1.54) is 0 Å². The molecule has 0 radical (unpaired) electrons. The highest BCUT2D eigenvalue weighted by molar-refractivity contribution is 7.89. The quantitative estimate of drug-likeness (QED) is 0.874. The Morgan fingerprint density at radius 1 is 0.917 bits per heavy atom. The van der Waals surface area contributed by atoms with E-state index in [1.807, 2.05) is 45.0 Å². The van der Waals surface area contributed by atoms with Crippen molar-refractivity contribution < 1.29 is 13.2 Å². The first-order valence-corrected chi connectivity index (χ1v) is 9.11. The summed E-state index contributed by atoms with van der Waals surface area (Å²) in [4.78, 5) is 12.2. The molecule has 6 heteroatoms. The molecule has 0 saturated carbocycles. The molecule has 0 aliphatic rings. The van der Waals surface area contributed by atoms with Gasteiger partial charge in [-0.3, -0.25) is 4.79 Å². The van der Waals surface area contributed by atoms with E-state index in [2.05, 4.69) is 10.0 Å². The number of hydrogen-bond acceptors (Lipinski definition) is 3. The first-order valence-electron chi connectivity index (χ1n) is 7.63. The van der Waals surface area contributed by atoms with Crippen LogP contribution in [0, 0.1) is 27.7 Å². The molecule has 2 aromatic rings. The molecular formula is C18H22N2O3S. The van der Waals surface area contributed by atoms with Crippen LogP contribution in [0.25, 0.3) is 0 Å². The molecule has 0 bridgehead atoms. The Kier molecular flexibility index (Phi) is 5.41. The summed E-state index contributed by atoms with van der Waals surface area (Å²) in [6.07, 6.45) is 0. The Morgan fingerprint density at radius 3 is 2.21 bits per heavy atom. The van der Waals surface area contributed by atoms with Gasteiger partial charge >= 0.3 is 0 Å². The number of anilines is 1. The van der Waals surface area contributed by atoms with Gasteiger partial charge in [-0.1, -0.05) is 29.8 Å². The van der Waals surface area contributed by atoms with Gasteiger partial charge < -0.3 is 5.32 Å². The van der Waals surface area contributed by atoms with E-state index in [0.29, 0.717) is 11.3 Å². The molecular weight excluding hydrogens is 324 g/mol. The smallest absolute Gasteiger partial charge is 0.241 e. The van der Waals surface area contributed by atoms with E-state index in [1.54, 1.807) is 19.1 Å². The minimum Gasteiger partial charge on any atom is -0.325 e. The zero-order chi connectivity index (χ0) is 17.9. The number of hydrogen-bond donors (Lipinski definition) is 2. The highest BCUT2D eigenvalue weighted by Gasteiger charge is 2.18. The summed E-state index contributed by atoms with van der Waals surface area (Å²) in [5, 5.41) is 2.72. The average Bonchev–Trinajstić information content (AvgIpc) is 2.50. The van der Waals surface area contributed by atoms with Crippen molar-refractivity contribution in [3.63, 3.8) is 0 Å². The molecule has 1 amide bonds. The van der Waals surface area contributed by atoms with E-state index < -0.39 is 15.9 Å². The third-order valence-corrected chi connectivity index (χ3v) is 5.26. The van der Waals surface area contributed by atoms with Crippen molar-refractivity contribution in [2.75, 3.05) is 11.9 Å². The summed E-state index contributed by atoms with van der Waals surface area (Å²) in [7, 11) is -3.73. The van der Waals surface area contributed by atoms with Crippen LogP contribution in [0.5, 0.6) is 0 Å². The summed E-state index contributed by atoms with van der Waals surface area (Å²) >= 11 is 0. The predicted octanol–water partition coefficient (Wildman–Crippen LogP) is 2.84. The maximum absolute atomic E-state index is 12.4. The van der Waals surface area contributed by atoms with Gasteiger partial charge in [0, 0.05) is 5.69 Å². The molecule has 0 spiro atoms. The fourth-order valence-corrected chi connectivity index (χ4v) is 3.69. The lowest BCUT2D eigenvalue weighted by Crippen LogP contribution is -2.33. The summed E-state index contributed by atoms with van der Waals surface area (Å²) in [5.74, 6) is -0.407. The Balaban J connectivity index is 2.06. The maximum atomic E-state index is 12.4. The van der Waals surface area contributed by atoms with Crippen molar-refractivity contribution in [3.8, 4) is 0 Å². The van der Waals surface area contributed by atoms with Gasteiger partial charge in [0.25, 0.3) is 0 Å². The molecule has 0 heterocycles. The van der Waals surface area contributed by atoms with Crippen LogP contribution in [0.2, 0.25) is 0 Å². The van der Waals surface area contributed by atoms with Gasteiger partial charge in [-0.2, -0.15) is 0 Å². The fraction of sp³-hybridized carbons (Fsp3) is 0.278. The SMILES string of the molecule is Cc1ccc(NC(=O)CNS(=O)(=O)c2cc(C)ccc2C)c(C)c1. The molecule has 0 aromatic heterocycles. The minimum atomic E-state index is -3.73. The van der Waals surface area contributed by atoms with Crippen LogP contribution >= 0.6 is 0 Å². The number of carbonyl (C=O) groups excluding carboxylic acids is 1. The van der Waals surface area contributed by atoms with Crippen molar-refractivity contribution in [1.82, 2.24) is 4.72 Å². The highest BCUT2D eigenvalue weighted by Crippen LogP contribution is 2.17. The molecule has 0 fully saturated rings. The van der Waals surface area contributed by atoms with E-state index in [9.17, 15) is 13.2 Å². The van der Waals surface area contributed by atoms with Crippen LogP contribution in [0.1, 0.15) is 22.3 Å². The monoisotopic (exact) mass is 346 g/mol. The number of sulfonamides is 1. The Morgan fingerprint density at radius 2 is 1.54 bits per heavy atom. The van der Waals surface area contributed by atoms with Gasteiger partial charge in [-0.05, 0) is 56.5 Å². The third kappa shape index (κ3) is 4.43. The number of amides is 1. The van der Waals surface area contributed by atoms with Crippen LogP contribution in [-0.4, -0.2) is 20.9 Å². The Labute approximate surface area is 143 Å². The van der Waals surface area contributed by atoms with Crippen LogP contribution in [0.15, 0.2) is 41.3 Å². The first kappa shape index (κ1) is 18.2. The van der Waals surface area contributed by atoms with Crippen LogP contribution in [-0.2, 0) is 14.8 Å². The number of carbonyl (C=O) groups is 1. The van der Waals surface area contributed by atoms with Gasteiger partial charge in [0.15, 0.2) is 0 Å². The zero-order valence-electron chi connectivity index (χ0n) is 14.3. The lowest BCUT2D eigenvalue weighted by Gasteiger charge is -2.12. The van der Waals surface area contributed by atoms with E-state index in [-0.39, 0.29) is 11.4 Å². The molecule has 0 aliphatic heterocycles. The maximum Gasteiger partial charge on any atom is 0.241 e. The summed E-state index contributed by atoms with van der Waals surface area (Å²) < 4.78 is 27.1. The van der Waals surface area contributed by atoms with E-state index in [0.717, 1.165) is 16.7 Å². The zero-order valence-corrected chi connectivity index (χ0v) is 15.1. The van der Waals surface area contributed by atoms with Crippen molar-refractivity contribution in [1.29, 1.82) is 0 Å². The molecule has 128 valence electrons. The average molecular weight is 346 g/mol. The van der Waals surface area contributed by atoms with Gasteiger partial charge in [-0.25, -0.2) is 13.1 Å². The first-order chi connectivity index (χ1) is 11.2. The van der Waals surface area contributed by atoms with Crippen molar-refractivity contribution in [2.45, 2.75) is 32.6 Å². The normalized spacial score (nSPS) is 11.3. The minimum absolute atomic E-state index is 0.196. The summed E-state index contributed by atoms with van der Waals surface area (Å²) in [6.45, 7) is 7.10. The molecule has 0 saturated heterocycles. The summed E-state index contributed by atoms with van der Waals surface area (Å²) in [5.41, 5.74) is 4.20. The van der Waals surface area contributed by atoms with Gasteiger partial charge in [0.2, 0.25) is 15.9 Å². The van der Waals surface area contributed by atoms with Gasteiger partial charge in [-0.15, -0.1) is 0 Å². The van der Waals surface area contributed by atoms with Crippen molar-refractivity contribution in [2.24, 2.45) is 0 Å². The molecule has 5 nitrogen and oxygen atoms in total. The topological polar surface area (TPSA) is 75.3 Å². The molecule has 2 rings (SSSR count). The largest absolute Gasteiger partial charge is 0.325 e. The van der Waals surface area contributed by atoms with Gasteiger partial charge in [0.1, 0.15) is 0 Å². The van der Waals surface area contributed by atoms with Gasteiger partial charge in [0.05, 0.1) is 11.4 Å². The predicted molar refractivity (Wildman–Crippen MR) is 95.7 cm³/mol. The summed E-state index contributed by atoms with van der Waals surface area (Å²) in [6, 6.07) is 10.8. The lowest BCUT2D eigenvalue weighted by molar-refractivity contribution is -0.115. The second kappa shape index (κ2) is 7.15. The fourth-order valence-electron chi connectivity index (χ4n) is 2.38. The Hall–Kier alpha value is -2.18. The second-order valence-electron chi connectivity index (χ2n) is 5.96. The third-order valence-electron chi connectivity index (χ3n) is 3.71. The highest BCUT2D eigenvalue weighted by atomic mass is 32.2. The standard InChI is InChI=1S/C18H22N2O3S/c1-12-6-8-16(15(4)9-12)20-18(21)11-19-24(22,23)17-10-13(2)5-7-14(17)3/h5-10,19H,11H2,1-4H3,(H,20,21). The number of aryl methyl sites for hydroxylation is 4. The second-order valence-corrected chi connectivity index (χ2v) is 7.70. The lowest BCUT2D eigenvalue weighted by atomic mass is 10.1. The molecule has 2 aromatic carbocycles. The van der Waals surface area contributed by atoms with E-state index >= 15 is 0 Å².